The van der Waals surface area contributed by atoms with Gasteiger partial charge in [0, 0.05) is 24.3 Å². The lowest BCUT2D eigenvalue weighted by atomic mass is 10.1. The molecule has 1 heterocycles. The Morgan fingerprint density at radius 3 is 2.45 bits per heavy atom. The average molecular weight is 444 g/mol. The number of para-hydroxylation sites is 1. The van der Waals surface area contributed by atoms with E-state index in [9.17, 15) is 9.59 Å². The molecule has 1 aliphatic carbocycles. The molecule has 3 aromatic carbocycles. The lowest BCUT2D eigenvalue weighted by Gasteiger charge is -2.22. The fourth-order valence-corrected chi connectivity index (χ4v) is 3.91. The van der Waals surface area contributed by atoms with Crippen molar-refractivity contribution in [2.24, 2.45) is 0 Å². The number of amides is 2. The zero-order chi connectivity index (χ0) is 22.6. The first kappa shape index (κ1) is 21.0. The Hall–Kier alpha value is -3.84. The van der Waals surface area contributed by atoms with Crippen LogP contribution in [0, 0.1) is 0 Å². The van der Waals surface area contributed by atoms with Gasteiger partial charge in [0.25, 0.3) is 5.91 Å². The van der Waals surface area contributed by atoms with E-state index in [1.165, 1.54) is 5.56 Å². The molecular weight excluding hydrogens is 418 g/mol. The van der Waals surface area contributed by atoms with Crippen molar-refractivity contribution in [3.8, 4) is 11.5 Å². The maximum atomic E-state index is 13.0. The van der Waals surface area contributed by atoms with Gasteiger partial charge in [-0.1, -0.05) is 42.5 Å². The number of carbonyl (C=O) groups excluding carboxylic acids is 2. The van der Waals surface area contributed by atoms with Crippen molar-refractivity contribution in [2.45, 2.75) is 25.4 Å². The number of rotatable bonds is 8. The van der Waals surface area contributed by atoms with Crippen LogP contribution in [-0.2, 0) is 11.3 Å². The Morgan fingerprint density at radius 2 is 1.64 bits per heavy atom. The zero-order valence-corrected chi connectivity index (χ0v) is 18.1. The number of ether oxygens (including phenoxy) is 2. The van der Waals surface area contributed by atoms with Crippen LogP contribution in [0.5, 0.6) is 11.5 Å². The molecule has 0 bridgehead atoms. The maximum absolute atomic E-state index is 13.0. The molecule has 2 N–H and O–H groups in total. The van der Waals surface area contributed by atoms with Crippen molar-refractivity contribution < 1.29 is 19.1 Å². The molecule has 0 unspecified atom stereocenters. The van der Waals surface area contributed by atoms with Gasteiger partial charge in [0.15, 0.2) is 11.5 Å². The Labute approximate surface area is 192 Å². The van der Waals surface area contributed by atoms with E-state index in [1.54, 1.807) is 42.5 Å². The number of hydrogen-bond acceptors (Lipinski definition) is 5. The summed E-state index contributed by atoms with van der Waals surface area (Å²) in [6.45, 7) is 1.17. The Balaban J connectivity index is 1.25. The van der Waals surface area contributed by atoms with Crippen molar-refractivity contribution in [3.63, 3.8) is 0 Å². The molecule has 0 saturated heterocycles. The Morgan fingerprint density at radius 1 is 0.879 bits per heavy atom. The molecule has 7 heteroatoms. The van der Waals surface area contributed by atoms with E-state index in [4.69, 9.17) is 9.47 Å². The van der Waals surface area contributed by atoms with E-state index in [2.05, 4.69) is 27.7 Å². The van der Waals surface area contributed by atoms with Crippen molar-refractivity contribution in [2.75, 3.05) is 24.0 Å². The minimum atomic E-state index is -0.312. The number of carbonyl (C=O) groups is 2. The van der Waals surface area contributed by atoms with E-state index in [-0.39, 0.29) is 25.2 Å². The lowest BCUT2D eigenvalue weighted by Crippen LogP contribution is -2.34. The fraction of sp³-hybridized carbons (Fsp3) is 0.231. The van der Waals surface area contributed by atoms with Crippen LogP contribution in [0.4, 0.5) is 11.4 Å². The molecule has 5 rings (SSSR count). The van der Waals surface area contributed by atoms with E-state index >= 15 is 0 Å². The first-order chi connectivity index (χ1) is 16.2. The van der Waals surface area contributed by atoms with Crippen LogP contribution >= 0.6 is 0 Å². The third kappa shape index (κ3) is 5.15. The average Bonchev–Trinajstić information content (AvgIpc) is 3.57. The smallest absolute Gasteiger partial charge is 0.257 e. The van der Waals surface area contributed by atoms with Crippen molar-refractivity contribution in [1.29, 1.82) is 0 Å². The van der Waals surface area contributed by atoms with Gasteiger partial charge in [-0.25, -0.2) is 0 Å². The Bertz CT molecular complexity index is 1160. The monoisotopic (exact) mass is 443 g/mol. The van der Waals surface area contributed by atoms with Gasteiger partial charge in [-0.2, -0.15) is 0 Å². The number of hydrogen-bond donors (Lipinski definition) is 2. The van der Waals surface area contributed by atoms with Gasteiger partial charge in [-0.05, 0) is 42.7 Å². The van der Waals surface area contributed by atoms with E-state index in [1.807, 2.05) is 18.2 Å². The van der Waals surface area contributed by atoms with Crippen LogP contribution in [0.2, 0.25) is 0 Å². The molecule has 3 aromatic rings. The summed E-state index contributed by atoms with van der Waals surface area (Å²) in [4.78, 5) is 28.0. The number of fused-ring (bicyclic) bond motifs is 1. The van der Waals surface area contributed by atoms with Crippen molar-refractivity contribution >= 4 is 23.2 Å². The number of anilines is 2. The molecule has 0 aromatic heterocycles. The number of benzene rings is 3. The van der Waals surface area contributed by atoms with Crippen LogP contribution in [0.15, 0.2) is 72.8 Å². The predicted molar refractivity (Wildman–Crippen MR) is 125 cm³/mol. The van der Waals surface area contributed by atoms with Gasteiger partial charge in [-0.15, -0.1) is 0 Å². The summed E-state index contributed by atoms with van der Waals surface area (Å²) in [5, 5.41) is 5.80. The molecule has 2 aliphatic rings. The third-order valence-electron chi connectivity index (χ3n) is 5.71. The molecule has 168 valence electrons. The molecule has 0 spiro atoms. The third-order valence-corrected chi connectivity index (χ3v) is 5.71. The first-order valence-corrected chi connectivity index (χ1v) is 11.0. The van der Waals surface area contributed by atoms with Crippen LogP contribution in [0.1, 0.15) is 28.8 Å². The minimum absolute atomic E-state index is 0.138. The summed E-state index contributed by atoms with van der Waals surface area (Å²) in [5.74, 6) is 0.790. The Kier molecular flexibility index (Phi) is 5.95. The molecular formula is C26H25N3O4. The fourth-order valence-electron chi connectivity index (χ4n) is 3.91. The van der Waals surface area contributed by atoms with E-state index in [0.29, 0.717) is 34.5 Å². The van der Waals surface area contributed by atoms with Crippen LogP contribution in [0.3, 0.4) is 0 Å². The van der Waals surface area contributed by atoms with Crippen LogP contribution < -0.4 is 20.1 Å². The summed E-state index contributed by atoms with van der Waals surface area (Å²) in [6, 6.07) is 22.8. The second kappa shape index (κ2) is 9.34. The van der Waals surface area contributed by atoms with Crippen LogP contribution in [-0.4, -0.2) is 36.1 Å². The topological polar surface area (TPSA) is 79.9 Å². The molecule has 2 amide bonds. The summed E-state index contributed by atoms with van der Waals surface area (Å²) in [6.07, 6.45) is 2.21. The van der Waals surface area contributed by atoms with Gasteiger partial charge >= 0.3 is 0 Å². The molecule has 1 fully saturated rings. The standard InChI is InChI=1S/C26H25N3O4/c30-25(16-29(20-11-12-20)15-18-6-2-1-3-7-18)28-22-9-5-4-8-21(22)26(31)27-19-10-13-23-24(14-19)33-17-32-23/h1-10,13-14,20H,11-12,15-17H2,(H,27,31)(H,28,30). The molecule has 1 saturated carbocycles. The van der Waals surface area contributed by atoms with E-state index in [0.717, 1.165) is 19.4 Å². The second-order valence-corrected chi connectivity index (χ2v) is 8.24. The minimum Gasteiger partial charge on any atom is -0.454 e. The molecule has 33 heavy (non-hydrogen) atoms. The number of nitrogens with zero attached hydrogens (tertiary/aromatic N) is 1. The van der Waals surface area contributed by atoms with E-state index < -0.39 is 0 Å². The van der Waals surface area contributed by atoms with Crippen molar-refractivity contribution in [1.82, 2.24) is 4.90 Å². The summed E-state index contributed by atoms with van der Waals surface area (Å²) in [7, 11) is 0. The molecule has 7 nitrogen and oxygen atoms in total. The maximum Gasteiger partial charge on any atom is 0.257 e. The molecule has 1 aliphatic heterocycles. The van der Waals surface area contributed by atoms with Crippen LogP contribution in [0.25, 0.3) is 0 Å². The highest BCUT2D eigenvalue weighted by Gasteiger charge is 2.30. The van der Waals surface area contributed by atoms with Gasteiger partial charge < -0.3 is 20.1 Å². The summed E-state index contributed by atoms with van der Waals surface area (Å²) in [5.41, 5.74) is 2.65. The quantitative estimate of drug-likeness (QED) is 0.544. The highest BCUT2D eigenvalue weighted by atomic mass is 16.7. The highest BCUT2D eigenvalue weighted by Crippen LogP contribution is 2.34. The second-order valence-electron chi connectivity index (χ2n) is 8.24. The normalized spacial score (nSPS) is 14.2. The molecule has 0 atom stereocenters. The largest absolute Gasteiger partial charge is 0.454 e. The lowest BCUT2D eigenvalue weighted by molar-refractivity contribution is -0.117. The van der Waals surface area contributed by atoms with Gasteiger partial charge in [0.05, 0.1) is 17.8 Å². The zero-order valence-electron chi connectivity index (χ0n) is 18.1. The van der Waals surface area contributed by atoms with Crippen molar-refractivity contribution in [3.05, 3.63) is 83.9 Å². The SMILES string of the molecule is O=C(CN(Cc1ccccc1)C1CC1)Nc1ccccc1C(=O)Nc1ccc2c(c1)OCO2. The summed E-state index contributed by atoms with van der Waals surface area (Å²) < 4.78 is 10.7. The molecule has 0 radical (unpaired) electrons. The van der Waals surface area contributed by atoms with Gasteiger partial charge in [0.1, 0.15) is 0 Å². The summed E-state index contributed by atoms with van der Waals surface area (Å²) >= 11 is 0. The first-order valence-electron chi connectivity index (χ1n) is 11.0. The highest BCUT2D eigenvalue weighted by molar-refractivity contribution is 6.10. The van der Waals surface area contributed by atoms with Gasteiger partial charge in [0.2, 0.25) is 12.7 Å². The van der Waals surface area contributed by atoms with Gasteiger partial charge in [-0.3, -0.25) is 14.5 Å². The predicted octanol–water partition coefficient (Wildman–Crippen LogP) is 4.27. The number of nitrogens with one attached hydrogen (secondary N) is 2.